The highest BCUT2D eigenvalue weighted by Crippen LogP contribution is 2.30. The lowest BCUT2D eigenvalue weighted by atomic mass is 9.93. The van der Waals surface area contributed by atoms with Crippen LogP contribution in [0, 0.1) is 5.41 Å². The summed E-state index contributed by atoms with van der Waals surface area (Å²) in [4.78, 5) is 21.7. The van der Waals surface area contributed by atoms with Crippen molar-refractivity contribution in [3.8, 4) is 0 Å². The third-order valence-electron chi connectivity index (χ3n) is 4.07. The van der Waals surface area contributed by atoms with Gasteiger partial charge in [-0.15, -0.1) is 0 Å². The van der Waals surface area contributed by atoms with Crippen molar-refractivity contribution < 1.29 is 4.79 Å². The Morgan fingerprint density at radius 3 is 2.68 bits per heavy atom. The molecule has 7 nitrogen and oxygen atoms in total. The van der Waals surface area contributed by atoms with E-state index in [1.807, 2.05) is 55.5 Å². The molecule has 1 unspecified atom stereocenters. The van der Waals surface area contributed by atoms with E-state index in [0.717, 1.165) is 10.6 Å². The molecule has 6 N–H and O–H groups in total. The monoisotopic (exact) mass is 396 g/mol. The van der Waals surface area contributed by atoms with E-state index in [0.29, 0.717) is 10.8 Å². The van der Waals surface area contributed by atoms with Gasteiger partial charge in [0, 0.05) is 11.1 Å². The van der Waals surface area contributed by atoms with E-state index in [-0.39, 0.29) is 11.4 Å². The van der Waals surface area contributed by atoms with Gasteiger partial charge in [0.25, 0.3) is 0 Å². The number of rotatable bonds is 2. The fourth-order valence-electron chi connectivity index (χ4n) is 2.50. The largest absolute Gasteiger partial charge is 0.369 e. The zero-order valence-electron chi connectivity index (χ0n) is 16.1. The van der Waals surface area contributed by atoms with Gasteiger partial charge in [0.2, 0.25) is 11.1 Å². The van der Waals surface area contributed by atoms with E-state index in [9.17, 15) is 4.79 Å². The number of aromatic nitrogens is 1. The first-order chi connectivity index (χ1) is 13.1. The van der Waals surface area contributed by atoms with Crippen LogP contribution in [0.2, 0.25) is 0 Å². The van der Waals surface area contributed by atoms with E-state index >= 15 is 0 Å². The smallest absolute Gasteiger partial charge is 0.325 e. The van der Waals surface area contributed by atoms with Crippen molar-refractivity contribution >= 4 is 40.6 Å². The van der Waals surface area contributed by atoms with Gasteiger partial charge in [-0.25, -0.2) is 9.78 Å². The Morgan fingerprint density at radius 1 is 1.14 bits per heavy atom. The van der Waals surface area contributed by atoms with Crippen molar-refractivity contribution in [2.75, 3.05) is 0 Å². The van der Waals surface area contributed by atoms with Gasteiger partial charge in [0.15, 0.2) is 0 Å². The minimum Gasteiger partial charge on any atom is -0.369 e. The number of hydrogen-bond acceptors (Lipinski definition) is 5. The van der Waals surface area contributed by atoms with Crippen molar-refractivity contribution in [3.63, 3.8) is 0 Å². The third-order valence-corrected chi connectivity index (χ3v) is 5.00. The van der Waals surface area contributed by atoms with Gasteiger partial charge in [-0.05, 0) is 31.2 Å². The van der Waals surface area contributed by atoms with Gasteiger partial charge < -0.3 is 16.8 Å². The summed E-state index contributed by atoms with van der Waals surface area (Å²) in [6, 6.07) is -0.470. The zero-order chi connectivity index (χ0) is 20.4. The summed E-state index contributed by atoms with van der Waals surface area (Å²) in [5.41, 5.74) is 12.8. The fraction of sp³-hybridized carbons (Fsp3) is 0.250. The van der Waals surface area contributed by atoms with Crippen LogP contribution < -0.4 is 22.1 Å². The number of allylic oxidation sites excluding steroid dienone is 5. The third kappa shape index (κ3) is 5.28. The summed E-state index contributed by atoms with van der Waals surface area (Å²) < 4.78 is 0. The van der Waals surface area contributed by atoms with Crippen LogP contribution in [0.15, 0.2) is 53.2 Å². The van der Waals surface area contributed by atoms with E-state index in [4.69, 9.17) is 11.5 Å². The quantitative estimate of drug-likeness (QED) is 0.453. The van der Waals surface area contributed by atoms with Crippen LogP contribution in [0.4, 0.5) is 9.93 Å². The molecule has 28 heavy (non-hydrogen) atoms. The molecule has 0 fully saturated rings. The molecular weight excluding hydrogens is 372 g/mol. The van der Waals surface area contributed by atoms with Crippen LogP contribution in [-0.2, 0) is 0 Å². The molecule has 0 saturated heterocycles. The number of carbonyl (C=O) groups is 1. The van der Waals surface area contributed by atoms with Crippen molar-refractivity contribution in [1.82, 2.24) is 15.6 Å². The lowest BCUT2D eigenvalue weighted by molar-refractivity contribution is 0.248. The molecule has 0 spiro atoms. The number of thiazole rings is 1. The first-order valence-corrected chi connectivity index (χ1v) is 9.63. The van der Waals surface area contributed by atoms with Crippen LogP contribution in [0.3, 0.4) is 0 Å². The lowest BCUT2D eigenvalue weighted by Crippen LogP contribution is -2.42. The molecule has 0 aliphatic heterocycles. The molecule has 3 rings (SSSR count). The Hall–Kier alpha value is -2.97. The van der Waals surface area contributed by atoms with Crippen molar-refractivity contribution in [2.24, 2.45) is 21.9 Å². The molecule has 8 heteroatoms. The van der Waals surface area contributed by atoms with Gasteiger partial charge in [0.05, 0.1) is 16.1 Å². The lowest BCUT2D eigenvalue weighted by Gasteiger charge is -2.12. The van der Waals surface area contributed by atoms with Crippen LogP contribution in [0.25, 0.3) is 12.2 Å². The average molecular weight is 397 g/mol. The van der Waals surface area contributed by atoms with Crippen molar-refractivity contribution in [2.45, 2.75) is 26.3 Å². The standard InChI is InChI=1S/C20H24N6OS/c1-19(2)9-4-5-13(6-10-19)23-17(27)25-16(21)26-18-24-14-7-11-20(3,22)12-8-15(14)28-18/h4-12H,22H2,1-3H3,(H4,21,23,24,25,26,27). The summed E-state index contributed by atoms with van der Waals surface area (Å²) >= 11 is 1.37. The number of guanidine groups is 1. The molecular formula is C20H24N6OS. The molecule has 0 aromatic carbocycles. The summed E-state index contributed by atoms with van der Waals surface area (Å²) in [7, 11) is 0. The van der Waals surface area contributed by atoms with E-state index in [1.165, 1.54) is 11.3 Å². The Labute approximate surface area is 168 Å². The molecule has 146 valence electrons. The highest BCUT2D eigenvalue weighted by atomic mass is 32.1. The highest BCUT2D eigenvalue weighted by molar-refractivity contribution is 7.16. The van der Waals surface area contributed by atoms with Crippen LogP contribution in [0.5, 0.6) is 0 Å². The number of amides is 2. The maximum atomic E-state index is 12.2. The fourth-order valence-corrected chi connectivity index (χ4v) is 3.33. The SMILES string of the molecule is CC1(C)C=CC=C(NC(=O)N/C(N)=N/c2nc3c(s2)C=CC(C)(N)C=C3)C=C1. The second-order valence-corrected chi connectivity index (χ2v) is 8.50. The number of nitrogens with two attached hydrogens (primary N) is 2. The van der Waals surface area contributed by atoms with Crippen molar-refractivity contribution in [3.05, 3.63) is 58.8 Å². The topological polar surface area (TPSA) is 118 Å². The Balaban J connectivity index is 1.64. The van der Waals surface area contributed by atoms with Crippen LogP contribution in [-0.4, -0.2) is 22.5 Å². The minimum atomic E-state index is -0.506. The Kier molecular flexibility index (Phi) is 5.35. The molecule has 0 saturated carbocycles. The normalized spacial score (nSPS) is 22.9. The summed E-state index contributed by atoms with van der Waals surface area (Å²) in [6.45, 7) is 6.07. The molecule has 1 atom stereocenters. The number of fused-ring (bicyclic) bond motifs is 1. The Morgan fingerprint density at radius 2 is 1.89 bits per heavy atom. The number of hydrogen-bond donors (Lipinski definition) is 4. The molecule has 2 amide bonds. The first-order valence-electron chi connectivity index (χ1n) is 8.81. The maximum absolute atomic E-state index is 12.2. The second-order valence-electron chi connectivity index (χ2n) is 7.49. The first kappa shape index (κ1) is 19.8. The molecule has 2 aliphatic carbocycles. The Bertz CT molecular complexity index is 926. The molecule has 0 radical (unpaired) electrons. The summed E-state index contributed by atoms with van der Waals surface area (Å²) in [6.07, 6.45) is 17.2. The molecule has 1 heterocycles. The van der Waals surface area contributed by atoms with Gasteiger partial charge in [-0.1, -0.05) is 55.6 Å². The van der Waals surface area contributed by atoms with E-state index in [2.05, 4.69) is 40.5 Å². The van der Waals surface area contributed by atoms with Gasteiger partial charge in [-0.3, -0.25) is 5.32 Å². The zero-order valence-corrected chi connectivity index (χ0v) is 16.9. The van der Waals surface area contributed by atoms with Gasteiger partial charge in [-0.2, -0.15) is 4.99 Å². The number of carbonyl (C=O) groups excluding carboxylic acids is 1. The second kappa shape index (κ2) is 7.57. The highest BCUT2D eigenvalue weighted by Gasteiger charge is 2.16. The van der Waals surface area contributed by atoms with E-state index in [1.54, 1.807) is 0 Å². The van der Waals surface area contributed by atoms with Crippen LogP contribution >= 0.6 is 11.3 Å². The minimum absolute atomic E-state index is 0.0351. The molecule has 2 aliphatic rings. The van der Waals surface area contributed by atoms with Gasteiger partial charge in [0.1, 0.15) is 0 Å². The maximum Gasteiger partial charge on any atom is 0.325 e. The molecule has 1 aromatic rings. The predicted molar refractivity (Wildman–Crippen MR) is 116 cm³/mol. The number of nitrogens with zero attached hydrogens (tertiary/aromatic N) is 2. The van der Waals surface area contributed by atoms with Crippen LogP contribution in [0.1, 0.15) is 31.3 Å². The number of urea groups is 1. The predicted octanol–water partition coefficient (Wildman–Crippen LogP) is 3.18. The van der Waals surface area contributed by atoms with Crippen molar-refractivity contribution in [1.29, 1.82) is 0 Å². The summed E-state index contributed by atoms with van der Waals surface area (Å²) in [5, 5.41) is 5.71. The molecule has 0 bridgehead atoms. The average Bonchev–Trinajstić information content (AvgIpc) is 2.80. The van der Waals surface area contributed by atoms with Gasteiger partial charge >= 0.3 is 6.03 Å². The van der Waals surface area contributed by atoms with E-state index < -0.39 is 11.6 Å². The number of aliphatic imine (C=N–C) groups is 1. The summed E-state index contributed by atoms with van der Waals surface area (Å²) in [5.74, 6) is -0.0351. The molecule has 1 aromatic heterocycles. The number of nitrogens with one attached hydrogen (secondary N) is 2.